The molecule has 0 spiro atoms. The second-order valence-electron chi connectivity index (χ2n) is 21.7. The van der Waals surface area contributed by atoms with Gasteiger partial charge in [0.1, 0.15) is 0 Å². The number of hydrogen-bond donors (Lipinski definition) is 3. The van der Waals surface area contributed by atoms with Gasteiger partial charge in [-0.1, -0.05) is 281 Å². The van der Waals surface area contributed by atoms with Crippen LogP contribution in [0.25, 0.3) is 0 Å². The van der Waals surface area contributed by atoms with Gasteiger partial charge >= 0.3 is 5.97 Å². The zero-order chi connectivity index (χ0) is 51.4. The average Bonchev–Trinajstić information content (AvgIpc) is 3.37. The van der Waals surface area contributed by atoms with E-state index in [0.717, 1.165) is 44.9 Å². The van der Waals surface area contributed by atoms with Crippen molar-refractivity contribution in [3.63, 3.8) is 0 Å². The standard InChI is InChI=1S/C65H123NO5/c1-3-5-7-9-11-13-14-15-32-36-39-43-47-51-55-59-65(70)71-60-56-52-48-44-40-37-34-31-29-27-25-23-21-19-17-16-18-20-22-24-26-28-30-33-35-38-42-46-50-54-58-64(69)66-62(61-67)63(68)57-53-49-45-41-12-10-8-6-4-2/h15,17,19,32,53,57,62-63,67-68H,3-14,16,18,20-31,33-52,54-56,58-61H2,1-2H3,(H,66,69)/b19-17-,32-15-,57-53+. The quantitative estimate of drug-likeness (QED) is 0.0321. The monoisotopic (exact) mass is 998 g/mol. The lowest BCUT2D eigenvalue weighted by molar-refractivity contribution is -0.143. The molecule has 2 unspecified atom stereocenters. The van der Waals surface area contributed by atoms with Crippen LogP contribution in [0.1, 0.15) is 341 Å². The third-order valence-corrected chi connectivity index (χ3v) is 14.6. The summed E-state index contributed by atoms with van der Waals surface area (Å²) < 4.78 is 5.48. The molecule has 0 aliphatic carbocycles. The topological polar surface area (TPSA) is 95.9 Å². The Labute approximate surface area is 443 Å². The first-order valence-electron chi connectivity index (χ1n) is 31.8. The van der Waals surface area contributed by atoms with Crippen molar-refractivity contribution in [3.05, 3.63) is 36.5 Å². The minimum atomic E-state index is -0.841. The van der Waals surface area contributed by atoms with Crippen molar-refractivity contribution in [2.45, 2.75) is 353 Å². The first-order valence-corrected chi connectivity index (χ1v) is 31.8. The van der Waals surface area contributed by atoms with Crippen molar-refractivity contribution in [1.29, 1.82) is 0 Å². The molecule has 0 aromatic carbocycles. The molecular formula is C65H123NO5. The fraction of sp³-hybridized carbons (Fsp3) is 0.877. The van der Waals surface area contributed by atoms with Crippen molar-refractivity contribution in [2.24, 2.45) is 0 Å². The first kappa shape index (κ1) is 69.1. The summed E-state index contributed by atoms with van der Waals surface area (Å²) in [4.78, 5) is 24.4. The summed E-state index contributed by atoms with van der Waals surface area (Å²) >= 11 is 0. The summed E-state index contributed by atoms with van der Waals surface area (Å²) in [7, 11) is 0. The highest BCUT2D eigenvalue weighted by atomic mass is 16.5. The highest BCUT2D eigenvalue weighted by molar-refractivity contribution is 5.76. The maximum atomic E-state index is 12.4. The Kier molecular flexibility index (Phi) is 59.0. The molecule has 0 heterocycles. The molecule has 0 fully saturated rings. The highest BCUT2D eigenvalue weighted by Gasteiger charge is 2.18. The lowest BCUT2D eigenvalue weighted by Crippen LogP contribution is -2.45. The zero-order valence-electron chi connectivity index (χ0n) is 47.7. The third-order valence-electron chi connectivity index (χ3n) is 14.6. The van der Waals surface area contributed by atoms with E-state index >= 15 is 0 Å². The van der Waals surface area contributed by atoms with Gasteiger partial charge in [0.15, 0.2) is 0 Å². The van der Waals surface area contributed by atoms with Crippen LogP contribution in [0.5, 0.6) is 0 Å². The summed E-state index contributed by atoms with van der Waals surface area (Å²) in [5.74, 6) is -0.0599. The van der Waals surface area contributed by atoms with Crippen LogP contribution >= 0.6 is 0 Å². The molecule has 0 saturated carbocycles. The van der Waals surface area contributed by atoms with Crippen LogP contribution in [0, 0.1) is 0 Å². The van der Waals surface area contributed by atoms with Crippen molar-refractivity contribution >= 4 is 11.9 Å². The molecule has 3 N–H and O–H groups in total. The van der Waals surface area contributed by atoms with E-state index in [-0.39, 0.29) is 18.5 Å². The largest absolute Gasteiger partial charge is 0.466 e. The second kappa shape index (κ2) is 60.6. The average molecular weight is 999 g/mol. The molecule has 418 valence electrons. The number of amides is 1. The van der Waals surface area contributed by atoms with Gasteiger partial charge in [0, 0.05) is 12.8 Å². The zero-order valence-corrected chi connectivity index (χ0v) is 47.7. The van der Waals surface area contributed by atoms with Crippen molar-refractivity contribution < 1.29 is 24.5 Å². The van der Waals surface area contributed by atoms with E-state index in [1.54, 1.807) is 6.08 Å². The van der Waals surface area contributed by atoms with Gasteiger partial charge in [-0.15, -0.1) is 0 Å². The van der Waals surface area contributed by atoms with E-state index in [1.807, 2.05) is 6.08 Å². The molecule has 1 amide bonds. The maximum Gasteiger partial charge on any atom is 0.305 e. The summed E-state index contributed by atoms with van der Waals surface area (Å²) in [5, 5.41) is 22.9. The van der Waals surface area contributed by atoms with Gasteiger partial charge in [-0.05, 0) is 83.5 Å². The van der Waals surface area contributed by atoms with Crippen LogP contribution in [0.4, 0.5) is 0 Å². The Hall–Kier alpha value is -1.92. The van der Waals surface area contributed by atoms with Crippen molar-refractivity contribution in [2.75, 3.05) is 13.2 Å². The molecular weight excluding hydrogens is 875 g/mol. The van der Waals surface area contributed by atoms with Gasteiger partial charge in [0.25, 0.3) is 0 Å². The molecule has 0 radical (unpaired) electrons. The molecule has 6 heteroatoms. The molecule has 0 saturated heterocycles. The lowest BCUT2D eigenvalue weighted by atomic mass is 10.0. The molecule has 2 atom stereocenters. The number of unbranched alkanes of at least 4 members (excludes halogenated alkanes) is 44. The predicted octanol–water partition coefficient (Wildman–Crippen LogP) is 20.0. The molecule has 6 nitrogen and oxygen atoms in total. The Balaban J connectivity index is 3.35. The molecule has 0 aromatic rings. The minimum Gasteiger partial charge on any atom is -0.466 e. The number of allylic oxidation sites excluding steroid dienone is 5. The van der Waals surface area contributed by atoms with E-state index in [2.05, 4.69) is 43.5 Å². The number of hydrogen-bond acceptors (Lipinski definition) is 5. The van der Waals surface area contributed by atoms with Gasteiger partial charge in [-0.2, -0.15) is 0 Å². The molecule has 71 heavy (non-hydrogen) atoms. The summed E-state index contributed by atoms with van der Waals surface area (Å²) in [6, 6.07) is -0.624. The number of esters is 1. The molecule has 0 rings (SSSR count). The highest BCUT2D eigenvalue weighted by Crippen LogP contribution is 2.17. The van der Waals surface area contributed by atoms with Crippen LogP contribution in [-0.4, -0.2) is 47.4 Å². The fourth-order valence-corrected chi connectivity index (χ4v) is 9.74. The number of aliphatic hydroxyl groups is 2. The Bertz CT molecular complexity index is 1150. The van der Waals surface area contributed by atoms with E-state index in [4.69, 9.17) is 4.74 Å². The van der Waals surface area contributed by atoms with Crippen molar-refractivity contribution in [1.82, 2.24) is 5.32 Å². The predicted molar refractivity (Wildman–Crippen MR) is 310 cm³/mol. The summed E-state index contributed by atoms with van der Waals surface area (Å²) in [6.45, 7) is 4.88. The van der Waals surface area contributed by atoms with Gasteiger partial charge in [-0.3, -0.25) is 9.59 Å². The minimum absolute atomic E-state index is 0.00873. The molecule has 0 bridgehead atoms. The van der Waals surface area contributed by atoms with E-state index in [1.165, 1.54) is 270 Å². The number of carbonyl (C=O) groups is 2. The Morgan fingerprint density at radius 1 is 0.380 bits per heavy atom. The van der Waals surface area contributed by atoms with Crippen LogP contribution in [-0.2, 0) is 14.3 Å². The number of nitrogens with one attached hydrogen (secondary N) is 1. The van der Waals surface area contributed by atoms with E-state index < -0.39 is 12.1 Å². The number of carbonyl (C=O) groups excluding carboxylic acids is 2. The van der Waals surface area contributed by atoms with Crippen LogP contribution < -0.4 is 5.32 Å². The van der Waals surface area contributed by atoms with Gasteiger partial charge in [0.2, 0.25) is 5.91 Å². The van der Waals surface area contributed by atoms with Gasteiger partial charge in [0.05, 0.1) is 25.4 Å². The maximum absolute atomic E-state index is 12.4. The Morgan fingerprint density at radius 3 is 1.00 bits per heavy atom. The van der Waals surface area contributed by atoms with E-state index in [0.29, 0.717) is 19.4 Å². The van der Waals surface area contributed by atoms with E-state index in [9.17, 15) is 19.8 Å². The third kappa shape index (κ3) is 57.2. The molecule has 0 aliphatic rings. The van der Waals surface area contributed by atoms with Crippen LogP contribution in [0.2, 0.25) is 0 Å². The SMILES string of the molecule is CCCCCCCC/C=C\CCCCCCCC(=O)OCCCCCCCCCCCCCC/C=C\CCCCCCCCCCCCCCCCC(=O)NC(CO)C(O)/C=C/CCCCCCCCC. The first-order chi connectivity index (χ1) is 35.0. The molecule has 0 aliphatic heterocycles. The number of ether oxygens (including phenoxy) is 1. The normalized spacial score (nSPS) is 12.8. The summed E-state index contributed by atoms with van der Waals surface area (Å²) in [6.07, 6.45) is 76.4. The molecule has 0 aromatic heterocycles. The van der Waals surface area contributed by atoms with Gasteiger partial charge < -0.3 is 20.3 Å². The lowest BCUT2D eigenvalue weighted by Gasteiger charge is -2.20. The van der Waals surface area contributed by atoms with Crippen LogP contribution in [0.3, 0.4) is 0 Å². The summed E-state index contributed by atoms with van der Waals surface area (Å²) in [5.41, 5.74) is 0. The second-order valence-corrected chi connectivity index (χ2v) is 21.7. The van der Waals surface area contributed by atoms with Crippen molar-refractivity contribution in [3.8, 4) is 0 Å². The fourth-order valence-electron chi connectivity index (χ4n) is 9.74. The van der Waals surface area contributed by atoms with Crippen LogP contribution in [0.15, 0.2) is 36.5 Å². The number of rotatable bonds is 59. The smallest absolute Gasteiger partial charge is 0.305 e. The Morgan fingerprint density at radius 2 is 0.662 bits per heavy atom. The van der Waals surface area contributed by atoms with Gasteiger partial charge in [-0.25, -0.2) is 0 Å². The number of aliphatic hydroxyl groups excluding tert-OH is 2.